The molecule has 0 N–H and O–H groups in total. The van der Waals surface area contributed by atoms with Crippen LogP contribution in [-0.2, 0) is 4.79 Å². The highest BCUT2D eigenvalue weighted by atomic mass is 35.5. The number of piperidine rings is 1. The Morgan fingerprint density at radius 3 is 2.95 bits per heavy atom. The Morgan fingerprint density at radius 2 is 2.16 bits per heavy atom. The first kappa shape index (κ1) is 12.4. The highest BCUT2D eigenvalue weighted by Crippen LogP contribution is 2.26. The summed E-state index contributed by atoms with van der Waals surface area (Å²) in [6.45, 7) is 0.788. The van der Waals surface area contributed by atoms with E-state index in [-0.39, 0.29) is 18.1 Å². The Hall–Kier alpha value is -1.62. The number of amides is 1. The summed E-state index contributed by atoms with van der Waals surface area (Å²) in [5.74, 6) is 0.241. The van der Waals surface area contributed by atoms with Crippen LogP contribution in [0.5, 0.6) is 0 Å². The maximum Gasteiger partial charge on any atom is 0.249 e. The monoisotopic (exact) mass is 281 g/mol. The van der Waals surface area contributed by atoms with Crippen LogP contribution in [0.4, 0.5) is 10.1 Å². The third-order valence-corrected chi connectivity index (χ3v) is 3.59. The average molecular weight is 282 g/mol. The minimum absolute atomic E-state index is 0.0287. The largest absolute Gasteiger partial charge is 0.297 e. The fraction of sp³-hybridized carbons (Fsp3) is 0.385. The molecule has 0 aliphatic carbocycles. The number of fused-ring (bicyclic) bond motifs is 1. The van der Waals surface area contributed by atoms with Crippen molar-refractivity contribution in [2.75, 3.05) is 18.1 Å². The molecule has 0 unspecified atom stereocenters. The predicted molar refractivity (Wildman–Crippen MR) is 71.8 cm³/mol. The minimum atomic E-state index is -0.464. The van der Waals surface area contributed by atoms with Gasteiger partial charge in [-0.1, -0.05) is 11.6 Å². The summed E-state index contributed by atoms with van der Waals surface area (Å²) in [7, 11) is 0. The molecule has 0 saturated carbocycles. The molecule has 0 aromatic heterocycles. The highest BCUT2D eigenvalue weighted by Gasteiger charge is 2.30. The van der Waals surface area contributed by atoms with Crippen molar-refractivity contribution in [3.63, 3.8) is 0 Å². The third-order valence-electron chi connectivity index (χ3n) is 3.35. The van der Waals surface area contributed by atoms with Gasteiger partial charge in [0.25, 0.3) is 0 Å². The summed E-state index contributed by atoms with van der Waals surface area (Å²) in [5, 5.41) is 6.14. The molecule has 19 heavy (non-hydrogen) atoms. The van der Waals surface area contributed by atoms with E-state index in [0.29, 0.717) is 11.6 Å². The molecule has 1 aromatic rings. The molecule has 1 aromatic carbocycles. The topological polar surface area (TPSA) is 35.9 Å². The molecule has 2 heterocycles. The zero-order valence-corrected chi connectivity index (χ0v) is 11.0. The second-order valence-electron chi connectivity index (χ2n) is 4.67. The van der Waals surface area contributed by atoms with Gasteiger partial charge in [-0.05, 0) is 31.0 Å². The van der Waals surface area contributed by atoms with Gasteiger partial charge in [-0.3, -0.25) is 14.7 Å². The van der Waals surface area contributed by atoms with Crippen LogP contribution >= 0.6 is 11.6 Å². The first-order valence-corrected chi connectivity index (χ1v) is 6.63. The van der Waals surface area contributed by atoms with E-state index in [9.17, 15) is 9.18 Å². The van der Waals surface area contributed by atoms with Gasteiger partial charge in [0.05, 0.1) is 5.69 Å². The van der Waals surface area contributed by atoms with Crippen LogP contribution in [0.1, 0.15) is 19.3 Å². The molecule has 1 amide bonds. The Morgan fingerprint density at radius 1 is 1.32 bits per heavy atom. The zero-order valence-electron chi connectivity index (χ0n) is 10.3. The molecule has 1 fully saturated rings. The first-order valence-electron chi connectivity index (χ1n) is 6.25. The summed E-state index contributed by atoms with van der Waals surface area (Å²) < 4.78 is 13.9. The van der Waals surface area contributed by atoms with Gasteiger partial charge >= 0.3 is 0 Å². The van der Waals surface area contributed by atoms with Crippen molar-refractivity contribution in [1.82, 2.24) is 4.90 Å². The molecule has 100 valence electrons. The van der Waals surface area contributed by atoms with Crippen molar-refractivity contribution in [2.24, 2.45) is 5.10 Å². The van der Waals surface area contributed by atoms with Crippen LogP contribution in [0.2, 0.25) is 5.02 Å². The van der Waals surface area contributed by atoms with Gasteiger partial charge in [-0.2, -0.15) is 5.10 Å². The molecule has 3 rings (SSSR count). The number of nitrogens with zero attached hydrogens (tertiary/aromatic N) is 3. The van der Waals surface area contributed by atoms with E-state index in [1.807, 2.05) is 0 Å². The van der Waals surface area contributed by atoms with E-state index < -0.39 is 5.82 Å². The lowest BCUT2D eigenvalue weighted by molar-refractivity contribution is -0.126. The van der Waals surface area contributed by atoms with Gasteiger partial charge in [0, 0.05) is 18.0 Å². The molecule has 0 radical (unpaired) electrons. The fourth-order valence-corrected chi connectivity index (χ4v) is 2.57. The minimum Gasteiger partial charge on any atom is -0.297 e. The van der Waals surface area contributed by atoms with E-state index in [0.717, 1.165) is 25.1 Å². The number of anilines is 1. The summed E-state index contributed by atoms with van der Waals surface area (Å²) in [6, 6.07) is 4.38. The number of hydrogen-bond acceptors (Lipinski definition) is 3. The van der Waals surface area contributed by atoms with Crippen LogP contribution in [0.15, 0.2) is 23.3 Å². The lowest BCUT2D eigenvalue weighted by atomic mass is 10.1. The summed E-state index contributed by atoms with van der Waals surface area (Å²) in [5.41, 5.74) is 0.287. The van der Waals surface area contributed by atoms with Gasteiger partial charge in [0.2, 0.25) is 5.91 Å². The number of hydrogen-bond donors (Lipinski definition) is 0. The number of carbonyl (C=O) groups is 1. The first-order chi connectivity index (χ1) is 9.15. The van der Waals surface area contributed by atoms with Crippen molar-refractivity contribution in [1.29, 1.82) is 0 Å². The summed E-state index contributed by atoms with van der Waals surface area (Å²) in [6.07, 6.45) is 2.77. The fourth-order valence-electron chi connectivity index (χ4n) is 2.41. The van der Waals surface area contributed by atoms with Crippen LogP contribution in [0.3, 0.4) is 0 Å². The van der Waals surface area contributed by atoms with Crippen LogP contribution in [0.25, 0.3) is 0 Å². The van der Waals surface area contributed by atoms with Crippen LogP contribution in [-0.4, -0.2) is 29.7 Å². The van der Waals surface area contributed by atoms with Gasteiger partial charge in [0.15, 0.2) is 0 Å². The maximum absolute atomic E-state index is 13.9. The van der Waals surface area contributed by atoms with Crippen molar-refractivity contribution in [2.45, 2.75) is 19.3 Å². The molecule has 2 aliphatic rings. The molecule has 6 heteroatoms. The normalized spacial score (nSPS) is 19.3. The number of benzene rings is 1. The Kier molecular flexibility index (Phi) is 3.14. The molecule has 2 aliphatic heterocycles. The second-order valence-corrected chi connectivity index (χ2v) is 5.11. The zero-order chi connectivity index (χ0) is 13.4. The number of hydrazone groups is 1. The Balaban J connectivity index is 1.95. The summed E-state index contributed by atoms with van der Waals surface area (Å²) >= 11 is 5.73. The number of carbonyl (C=O) groups excluding carboxylic acids is 1. The molecular weight excluding hydrogens is 269 g/mol. The van der Waals surface area contributed by atoms with Crippen molar-refractivity contribution in [3.8, 4) is 0 Å². The van der Waals surface area contributed by atoms with Crippen molar-refractivity contribution in [3.05, 3.63) is 29.0 Å². The highest BCUT2D eigenvalue weighted by molar-refractivity contribution is 6.30. The number of amidine groups is 1. The molecule has 4 nitrogen and oxygen atoms in total. The van der Waals surface area contributed by atoms with E-state index in [1.165, 1.54) is 11.1 Å². The maximum atomic E-state index is 13.9. The lowest BCUT2D eigenvalue weighted by Crippen LogP contribution is -2.50. The third kappa shape index (κ3) is 2.30. The second kappa shape index (κ2) is 4.81. The molecular formula is C13H13ClFN3O. The van der Waals surface area contributed by atoms with E-state index in [2.05, 4.69) is 5.10 Å². The predicted octanol–water partition coefficient (Wildman–Crippen LogP) is 2.63. The average Bonchev–Trinajstić information content (AvgIpc) is 2.38. The standard InChI is InChI=1S/C13H13ClFN3O/c14-9-4-5-11(10(15)7-9)18-8-13(19)17-6-2-1-3-12(17)16-18/h4-5,7H,1-3,6,8H2. The van der Waals surface area contributed by atoms with Crippen LogP contribution in [0, 0.1) is 5.82 Å². The number of rotatable bonds is 1. The van der Waals surface area contributed by atoms with Crippen molar-refractivity contribution >= 4 is 29.0 Å². The van der Waals surface area contributed by atoms with E-state index in [4.69, 9.17) is 11.6 Å². The van der Waals surface area contributed by atoms with Gasteiger partial charge in [-0.15, -0.1) is 0 Å². The molecule has 0 atom stereocenters. The summed E-state index contributed by atoms with van der Waals surface area (Å²) in [4.78, 5) is 13.7. The lowest BCUT2D eigenvalue weighted by Gasteiger charge is -2.35. The number of halogens is 2. The molecule has 0 spiro atoms. The van der Waals surface area contributed by atoms with E-state index >= 15 is 0 Å². The van der Waals surface area contributed by atoms with Crippen LogP contribution < -0.4 is 5.01 Å². The van der Waals surface area contributed by atoms with Crippen molar-refractivity contribution < 1.29 is 9.18 Å². The molecule has 1 saturated heterocycles. The quantitative estimate of drug-likeness (QED) is 0.793. The smallest absolute Gasteiger partial charge is 0.249 e. The van der Waals surface area contributed by atoms with Gasteiger partial charge < -0.3 is 0 Å². The molecule has 0 bridgehead atoms. The Bertz CT molecular complexity index is 561. The SMILES string of the molecule is O=C1CN(c2ccc(Cl)cc2F)N=C2CCCCN12. The van der Waals surface area contributed by atoms with Gasteiger partial charge in [0.1, 0.15) is 18.2 Å². The van der Waals surface area contributed by atoms with Gasteiger partial charge in [-0.25, -0.2) is 4.39 Å². The Labute approximate surface area is 115 Å². The van der Waals surface area contributed by atoms with E-state index in [1.54, 1.807) is 17.0 Å².